The molecule has 202 valence electrons. The second-order valence-electron chi connectivity index (χ2n) is 8.63. The summed E-state index contributed by atoms with van der Waals surface area (Å²) >= 11 is 2.77. The number of fused-ring (bicyclic) bond motifs is 1. The van der Waals surface area contributed by atoms with Crippen molar-refractivity contribution in [2.45, 2.75) is 38.6 Å². The molecule has 0 unspecified atom stereocenters. The second-order valence-corrected chi connectivity index (χ2v) is 10.7. The number of thioether (sulfide) groups is 1. The van der Waals surface area contributed by atoms with E-state index in [0.717, 1.165) is 21.4 Å². The molecule has 0 spiro atoms. The molecule has 9 nitrogen and oxygen atoms in total. The Kier molecular flexibility index (Phi) is 7.62. The van der Waals surface area contributed by atoms with Crippen LogP contribution in [0.25, 0.3) is 10.6 Å². The molecule has 1 amide bonds. The summed E-state index contributed by atoms with van der Waals surface area (Å²) < 4.78 is 13.2. The van der Waals surface area contributed by atoms with Gasteiger partial charge in [0.1, 0.15) is 20.0 Å². The molecule has 5 rings (SSSR count). The predicted octanol–water partition coefficient (Wildman–Crippen LogP) is 3.14. The number of benzene rings is 2. The predicted molar refractivity (Wildman–Crippen MR) is 155 cm³/mol. The molecule has 0 atom stereocenters. The van der Waals surface area contributed by atoms with Crippen molar-refractivity contribution in [2.75, 3.05) is 30.2 Å². The van der Waals surface area contributed by atoms with Crippen molar-refractivity contribution in [3.05, 3.63) is 68.1 Å². The molecule has 0 fully saturated rings. The van der Waals surface area contributed by atoms with Gasteiger partial charge in [0.2, 0.25) is 0 Å². The molecular formula is C28H28N4O5S2. The number of nitrogens with zero attached hydrogens (tertiary/aromatic N) is 4. The maximum absolute atomic E-state index is 13.8. The number of aromatic nitrogens is 1. The Bertz CT molecular complexity index is 1660. The van der Waals surface area contributed by atoms with Crippen LogP contribution in [0.1, 0.15) is 27.2 Å². The fourth-order valence-corrected chi connectivity index (χ4v) is 7.17. The number of esters is 1. The van der Waals surface area contributed by atoms with E-state index in [2.05, 4.69) is 10.0 Å². The minimum absolute atomic E-state index is 0.180. The number of anilines is 2. The zero-order chi connectivity index (χ0) is 27.7. The first-order chi connectivity index (χ1) is 18.9. The average Bonchev–Trinajstić information content (AvgIpc) is 3.58. The number of amides is 1. The fraction of sp³-hybridized carbons (Fsp3) is 0.286. The first-order valence-corrected chi connectivity index (χ1v) is 14.3. The van der Waals surface area contributed by atoms with Crippen LogP contribution in [0, 0.1) is 0 Å². The maximum Gasteiger partial charge on any atom is 0.311 e. The number of rotatable bonds is 7. The normalized spacial score (nSPS) is 17.4. The Morgan fingerprint density at radius 1 is 1.03 bits per heavy atom. The summed E-state index contributed by atoms with van der Waals surface area (Å²) in [5.41, 5.74) is 1.88. The molecule has 3 aromatic rings. The number of para-hydroxylation sites is 1. The minimum Gasteiger partial charge on any atom is -0.497 e. The maximum atomic E-state index is 13.8. The van der Waals surface area contributed by atoms with Crippen molar-refractivity contribution in [3.63, 3.8) is 0 Å². The molecule has 11 heteroatoms. The highest BCUT2D eigenvalue weighted by Crippen LogP contribution is 2.47. The molecule has 2 aromatic carbocycles. The Labute approximate surface area is 233 Å². The number of hydrogen-bond acceptors (Lipinski definition) is 9. The topological polar surface area (TPSA) is 93.4 Å². The molecule has 2 aliphatic rings. The molecule has 0 saturated heterocycles. The number of carbonyl (C=O) groups is 2. The number of hydrazone groups is 1. The first kappa shape index (κ1) is 26.8. The van der Waals surface area contributed by atoms with Gasteiger partial charge in [-0.1, -0.05) is 30.0 Å². The van der Waals surface area contributed by atoms with E-state index in [1.165, 1.54) is 28.1 Å². The van der Waals surface area contributed by atoms with Gasteiger partial charge in [-0.3, -0.25) is 19.0 Å². The molecular weight excluding hydrogens is 536 g/mol. The van der Waals surface area contributed by atoms with Crippen LogP contribution in [0.3, 0.4) is 0 Å². The van der Waals surface area contributed by atoms with Crippen LogP contribution >= 0.6 is 23.1 Å². The number of hydrogen-bond donors (Lipinski definition) is 0. The number of thiazole rings is 1. The fourth-order valence-electron chi connectivity index (χ4n) is 4.57. The Hall–Kier alpha value is -3.83. The van der Waals surface area contributed by atoms with Gasteiger partial charge in [0, 0.05) is 24.1 Å². The molecule has 0 aliphatic carbocycles. The van der Waals surface area contributed by atoms with E-state index in [0.29, 0.717) is 28.0 Å². The zero-order valence-electron chi connectivity index (χ0n) is 22.1. The van der Waals surface area contributed by atoms with Crippen LogP contribution in [0.4, 0.5) is 11.4 Å². The SMILES string of the molecule is CCOC(=O)CC1=NN(c2ccccc2)C(=O)/C1=c1/s/c(=C2\Sc3ccc(OC)cc3N2CC)c(=O)n1CC. The van der Waals surface area contributed by atoms with Crippen LogP contribution in [-0.4, -0.2) is 42.4 Å². The summed E-state index contributed by atoms with van der Waals surface area (Å²) in [4.78, 5) is 43.2. The van der Waals surface area contributed by atoms with Gasteiger partial charge in [-0.15, -0.1) is 11.3 Å². The van der Waals surface area contributed by atoms with E-state index >= 15 is 0 Å². The van der Waals surface area contributed by atoms with Gasteiger partial charge < -0.3 is 14.4 Å². The molecule has 39 heavy (non-hydrogen) atoms. The van der Waals surface area contributed by atoms with Gasteiger partial charge in [-0.2, -0.15) is 10.1 Å². The van der Waals surface area contributed by atoms with E-state index in [-0.39, 0.29) is 35.8 Å². The molecule has 3 heterocycles. The number of methoxy groups -OCH3 is 1. The number of carbonyl (C=O) groups excluding carboxylic acids is 2. The second kappa shape index (κ2) is 11.1. The average molecular weight is 565 g/mol. The van der Waals surface area contributed by atoms with Crippen LogP contribution in [0.5, 0.6) is 5.75 Å². The summed E-state index contributed by atoms with van der Waals surface area (Å²) in [6, 6.07) is 14.9. The molecule has 2 aliphatic heterocycles. The van der Waals surface area contributed by atoms with Crippen molar-refractivity contribution in [3.8, 4) is 5.75 Å². The van der Waals surface area contributed by atoms with E-state index in [1.54, 1.807) is 30.7 Å². The highest BCUT2D eigenvalue weighted by Gasteiger charge is 2.35. The van der Waals surface area contributed by atoms with Gasteiger partial charge in [0.25, 0.3) is 11.5 Å². The van der Waals surface area contributed by atoms with E-state index < -0.39 is 5.97 Å². The summed E-state index contributed by atoms with van der Waals surface area (Å²) in [6.45, 7) is 6.83. The van der Waals surface area contributed by atoms with Gasteiger partial charge in [0.15, 0.2) is 0 Å². The monoisotopic (exact) mass is 564 g/mol. The standard InChI is InChI=1S/C28H28N4O5S2/c1-5-30-20-15-18(36-4)13-14-21(20)38-28(30)24-26(35)31(6-2)27(39-24)23-19(16-22(33)37-7-3)29-32(25(23)34)17-11-9-8-10-12-17/h8-15H,5-7,16H2,1-4H3/b27-23+,28-24-. The van der Waals surface area contributed by atoms with Crippen molar-refractivity contribution in [2.24, 2.45) is 5.10 Å². The minimum atomic E-state index is -0.485. The lowest BCUT2D eigenvalue weighted by molar-refractivity contribution is -0.141. The lowest BCUT2D eigenvalue weighted by atomic mass is 10.1. The molecule has 0 N–H and O–H groups in total. The van der Waals surface area contributed by atoms with Crippen LogP contribution in [-0.2, 0) is 20.9 Å². The van der Waals surface area contributed by atoms with Crippen LogP contribution in [0.15, 0.2) is 63.3 Å². The van der Waals surface area contributed by atoms with Crippen molar-refractivity contribution in [1.82, 2.24) is 4.57 Å². The largest absolute Gasteiger partial charge is 0.497 e. The molecule has 0 bridgehead atoms. The summed E-state index contributed by atoms with van der Waals surface area (Å²) in [7, 11) is 1.63. The third-order valence-electron chi connectivity index (χ3n) is 6.37. The summed E-state index contributed by atoms with van der Waals surface area (Å²) in [5, 5.41) is 6.62. The highest BCUT2D eigenvalue weighted by atomic mass is 32.2. The third kappa shape index (κ3) is 4.76. The van der Waals surface area contributed by atoms with Crippen LogP contribution in [0.2, 0.25) is 0 Å². The van der Waals surface area contributed by atoms with E-state index in [4.69, 9.17) is 9.47 Å². The Balaban J connectivity index is 1.73. The van der Waals surface area contributed by atoms with Gasteiger partial charge >= 0.3 is 5.97 Å². The van der Waals surface area contributed by atoms with Crippen molar-refractivity contribution >= 4 is 62.7 Å². The smallest absolute Gasteiger partial charge is 0.311 e. The lowest BCUT2D eigenvalue weighted by Crippen LogP contribution is -2.36. The summed E-state index contributed by atoms with van der Waals surface area (Å²) in [5.74, 6) is -0.138. The van der Waals surface area contributed by atoms with Crippen LogP contribution < -0.4 is 29.4 Å². The Morgan fingerprint density at radius 3 is 2.46 bits per heavy atom. The molecule has 1 aromatic heterocycles. The lowest BCUT2D eigenvalue weighted by Gasteiger charge is -2.17. The third-order valence-corrected chi connectivity index (χ3v) is 8.87. The van der Waals surface area contributed by atoms with Gasteiger partial charge in [-0.25, -0.2) is 0 Å². The summed E-state index contributed by atoms with van der Waals surface area (Å²) in [6.07, 6.45) is -0.180. The van der Waals surface area contributed by atoms with Gasteiger partial charge in [-0.05, 0) is 45.0 Å². The Morgan fingerprint density at radius 2 is 1.79 bits per heavy atom. The molecule has 0 saturated carbocycles. The number of ether oxygens (including phenoxy) is 2. The quantitative estimate of drug-likeness (QED) is 0.407. The zero-order valence-corrected chi connectivity index (χ0v) is 23.7. The highest BCUT2D eigenvalue weighted by molar-refractivity contribution is 8.08. The van der Waals surface area contributed by atoms with Crippen molar-refractivity contribution in [1.29, 1.82) is 0 Å². The van der Waals surface area contributed by atoms with E-state index in [1.807, 2.05) is 50.2 Å². The van der Waals surface area contributed by atoms with E-state index in [9.17, 15) is 14.4 Å². The molecule has 0 radical (unpaired) electrons. The van der Waals surface area contributed by atoms with Gasteiger partial charge in [0.05, 0.1) is 42.8 Å². The first-order valence-electron chi connectivity index (χ1n) is 12.7. The van der Waals surface area contributed by atoms with Crippen molar-refractivity contribution < 1.29 is 19.1 Å².